The van der Waals surface area contributed by atoms with Gasteiger partial charge in [-0.15, -0.1) is 0 Å². The van der Waals surface area contributed by atoms with Gasteiger partial charge in [-0.25, -0.2) is 4.79 Å². The maximum atomic E-state index is 12.9. The average Bonchev–Trinajstić information content (AvgIpc) is 3.05. The van der Waals surface area contributed by atoms with Gasteiger partial charge in [0.15, 0.2) is 11.2 Å². The molecule has 8 nitrogen and oxygen atoms in total. The first kappa shape index (κ1) is 16.5. The van der Waals surface area contributed by atoms with Gasteiger partial charge in [-0.05, 0) is 20.3 Å². The molecule has 0 aliphatic heterocycles. The Kier molecular flexibility index (Phi) is 4.08. The zero-order valence-electron chi connectivity index (χ0n) is 14.5. The number of rotatable bonds is 5. The van der Waals surface area contributed by atoms with E-state index >= 15 is 0 Å². The molecule has 0 unspecified atom stereocenters. The van der Waals surface area contributed by atoms with Crippen molar-refractivity contribution in [1.29, 1.82) is 0 Å². The molecule has 0 spiro atoms. The predicted molar refractivity (Wildman–Crippen MR) is 91.7 cm³/mol. The first-order valence-corrected chi connectivity index (χ1v) is 8.22. The molecule has 1 N–H and O–H groups in total. The molecule has 0 amide bonds. The molecule has 0 aliphatic rings. The van der Waals surface area contributed by atoms with Crippen LogP contribution in [0.2, 0.25) is 0 Å². The number of aliphatic hydroxyl groups is 1. The number of imidazole rings is 2. The van der Waals surface area contributed by atoms with Crippen molar-refractivity contribution in [2.75, 3.05) is 6.61 Å². The standard InChI is InChI=1S/C16H23N5O3/c1-5-6-7-20-14(23)12-13(18(4)16(20)24)17-15-19(8-9-22)10(2)11(3)21(12)15/h22H,5-9H2,1-4H3. The van der Waals surface area contributed by atoms with Gasteiger partial charge in [0.1, 0.15) is 0 Å². The van der Waals surface area contributed by atoms with E-state index in [1.54, 1.807) is 11.4 Å². The normalized spacial score (nSPS) is 11.9. The van der Waals surface area contributed by atoms with Gasteiger partial charge in [-0.1, -0.05) is 13.3 Å². The second-order valence-corrected chi connectivity index (χ2v) is 6.12. The van der Waals surface area contributed by atoms with Crippen LogP contribution in [-0.4, -0.2) is 34.8 Å². The number of hydrogen-bond acceptors (Lipinski definition) is 4. The topological polar surface area (TPSA) is 86.5 Å². The SMILES string of the molecule is CCCCn1c(=O)c2c(nc3n(CCO)c(C)c(C)n23)n(C)c1=O. The van der Waals surface area contributed by atoms with Crippen molar-refractivity contribution in [3.05, 3.63) is 32.2 Å². The third kappa shape index (κ3) is 2.13. The Bertz CT molecular complexity index is 1030. The Morgan fingerprint density at radius 1 is 1.08 bits per heavy atom. The van der Waals surface area contributed by atoms with E-state index < -0.39 is 0 Å². The third-order valence-electron chi connectivity index (χ3n) is 4.69. The van der Waals surface area contributed by atoms with Crippen molar-refractivity contribution in [2.45, 2.75) is 46.7 Å². The smallest absolute Gasteiger partial charge is 0.332 e. The highest BCUT2D eigenvalue weighted by Gasteiger charge is 2.22. The molecule has 0 atom stereocenters. The number of aromatic nitrogens is 5. The van der Waals surface area contributed by atoms with Crippen molar-refractivity contribution in [3.8, 4) is 0 Å². The molecule has 3 aromatic heterocycles. The van der Waals surface area contributed by atoms with E-state index in [4.69, 9.17) is 0 Å². The lowest BCUT2D eigenvalue weighted by Crippen LogP contribution is -2.39. The molecule has 8 heteroatoms. The van der Waals surface area contributed by atoms with Crippen LogP contribution >= 0.6 is 0 Å². The summed E-state index contributed by atoms with van der Waals surface area (Å²) in [6, 6.07) is 0. The van der Waals surface area contributed by atoms with Gasteiger partial charge in [0.05, 0.1) is 6.61 Å². The lowest BCUT2D eigenvalue weighted by atomic mass is 10.3. The van der Waals surface area contributed by atoms with Crippen LogP contribution in [0.4, 0.5) is 0 Å². The lowest BCUT2D eigenvalue weighted by Gasteiger charge is -2.07. The molecule has 0 saturated carbocycles. The van der Waals surface area contributed by atoms with E-state index in [1.165, 1.54) is 9.13 Å². The second-order valence-electron chi connectivity index (χ2n) is 6.12. The minimum Gasteiger partial charge on any atom is -0.395 e. The Labute approximate surface area is 138 Å². The Balaban J connectivity index is 2.47. The Hall–Kier alpha value is -2.35. The summed E-state index contributed by atoms with van der Waals surface area (Å²) in [7, 11) is 1.64. The highest BCUT2D eigenvalue weighted by molar-refractivity contribution is 5.76. The quantitative estimate of drug-likeness (QED) is 0.739. The summed E-state index contributed by atoms with van der Waals surface area (Å²) in [5.41, 5.74) is 1.98. The fraction of sp³-hybridized carbons (Fsp3) is 0.562. The summed E-state index contributed by atoms with van der Waals surface area (Å²) in [5.74, 6) is 0.578. The molecular weight excluding hydrogens is 310 g/mol. The summed E-state index contributed by atoms with van der Waals surface area (Å²) in [6.07, 6.45) is 1.67. The van der Waals surface area contributed by atoms with E-state index in [9.17, 15) is 14.7 Å². The van der Waals surface area contributed by atoms with Crippen molar-refractivity contribution < 1.29 is 5.11 Å². The lowest BCUT2D eigenvalue weighted by molar-refractivity contribution is 0.276. The summed E-state index contributed by atoms with van der Waals surface area (Å²) >= 11 is 0. The van der Waals surface area contributed by atoms with Crippen LogP contribution in [0.25, 0.3) is 16.9 Å². The van der Waals surface area contributed by atoms with E-state index in [2.05, 4.69) is 4.98 Å². The largest absolute Gasteiger partial charge is 0.395 e. The molecule has 3 rings (SSSR count). The number of unbranched alkanes of at least 4 members (excludes halogenated alkanes) is 1. The molecule has 3 aromatic rings. The summed E-state index contributed by atoms with van der Waals surface area (Å²) < 4.78 is 6.38. The molecule has 0 fully saturated rings. The average molecular weight is 333 g/mol. The van der Waals surface area contributed by atoms with E-state index in [-0.39, 0.29) is 17.9 Å². The monoisotopic (exact) mass is 333 g/mol. The highest BCUT2D eigenvalue weighted by Crippen LogP contribution is 2.20. The second kappa shape index (κ2) is 5.94. The summed E-state index contributed by atoms with van der Waals surface area (Å²) in [4.78, 5) is 30.0. The first-order chi connectivity index (χ1) is 11.4. The molecule has 0 radical (unpaired) electrons. The number of fused-ring (bicyclic) bond motifs is 3. The summed E-state index contributed by atoms with van der Waals surface area (Å²) in [6.45, 7) is 6.65. The zero-order valence-corrected chi connectivity index (χ0v) is 14.5. The summed E-state index contributed by atoms with van der Waals surface area (Å²) in [5, 5.41) is 9.30. The molecule has 130 valence electrons. The fourth-order valence-electron chi connectivity index (χ4n) is 3.20. The molecule has 24 heavy (non-hydrogen) atoms. The van der Waals surface area contributed by atoms with Gasteiger partial charge in [0, 0.05) is 31.5 Å². The van der Waals surface area contributed by atoms with Crippen molar-refractivity contribution in [2.24, 2.45) is 7.05 Å². The van der Waals surface area contributed by atoms with Crippen LogP contribution < -0.4 is 11.2 Å². The van der Waals surface area contributed by atoms with Crippen molar-refractivity contribution in [1.82, 2.24) is 23.1 Å². The number of hydrogen-bond donors (Lipinski definition) is 1. The number of aryl methyl sites for hydroxylation is 2. The Morgan fingerprint density at radius 3 is 2.42 bits per heavy atom. The van der Waals surface area contributed by atoms with Gasteiger partial charge < -0.3 is 9.67 Å². The van der Waals surface area contributed by atoms with E-state index in [1.807, 2.05) is 25.3 Å². The molecule has 3 heterocycles. The molecular formula is C16H23N5O3. The van der Waals surface area contributed by atoms with E-state index in [0.29, 0.717) is 30.0 Å². The van der Waals surface area contributed by atoms with E-state index in [0.717, 1.165) is 24.2 Å². The van der Waals surface area contributed by atoms with Crippen LogP contribution in [-0.2, 0) is 20.1 Å². The predicted octanol–water partition coefficient (Wildman–Crippen LogP) is 0.559. The maximum absolute atomic E-state index is 12.9. The van der Waals surface area contributed by atoms with Crippen LogP contribution in [0.3, 0.4) is 0 Å². The maximum Gasteiger partial charge on any atom is 0.332 e. The Morgan fingerprint density at radius 2 is 1.79 bits per heavy atom. The van der Waals surface area contributed by atoms with Gasteiger partial charge >= 0.3 is 5.69 Å². The minimum atomic E-state index is -0.343. The molecule has 0 saturated heterocycles. The van der Waals surface area contributed by atoms with Gasteiger partial charge in [-0.3, -0.25) is 18.3 Å². The van der Waals surface area contributed by atoms with Crippen LogP contribution in [0.1, 0.15) is 31.2 Å². The van der Waals surface area contributed by atoms with Gasteiger partial charge in [-0.2, -0.15) is 4.98 Å². The number of aliphatic hydroxyl groups excluding tert-OH is 1. The molecule has 0 aliphatic carbocycles. The van der Waals surface area contributed by atoms with Gasteiger partial charge in [0.25, 0.3) is 5.56 Å². The van der Waals surface area contributed by atoms with Crippen molar-refractivity contribution in [3.63, 3.8) is 0 Å². The molecule has 0 aromatic carbocycles. The number of nitrogens with zero attached hydrogens (tertiary/aromatic N) is 5. The van der Waals surface area contributed by atoms with Crippen molar-refractivity contribution >= 4 is 16.9 Å². The third-order valence-corrected chi connectivity index (χ3v) is 4.69. The fourth-order valence-corrected chi connectivity index (χ4v) is 3.20. The van der Waals surface area contributed by atoms with Gasteiger partial charge in [0.2, 0.25) is 5.78 Å². The highest BCUT2D eigenvalue weighted by atomic mass is 16.3. The van der Waals surface area contributed by atoms with Crippen LogP contribution in [0, 0.1) is 13.8 Å². The first-order valence-electron chi connectivity index (χ1n) is 8.22. The van der Waals surface area contributed by atoms with Crippen LogP contribution in [0.15, 0.2) is 9.59 Å². The van der Waals surface area contributed by atoms with Crippen LogP contribution in [0.5, 0.6) is 0 Å². The minimum absolute atomic E-state index is 0.0203. The zero-order chi connectivity index (χ0) is 17.6. The molecule has 0 bridgehead atoms.